The lowest BCUT2D eigenvalue weighted by Gasteiger charge is -2.10. The predicted molar refractivity (Wildman–Crippen MR) is 122 cm³/mol. The van der Waals surface area contributed by atoms with E-state index in [1.54, 1.807) is 0 Å². The van der Waals surface area contributed by atoms with Crippen LogP contribution in [0.5, 0.6) is 0 Å². The number of benzene rings is 2. The van der Waals surface area contributed by atoms with E-state index < -0.39 is 31.7 Å². The number of anilines is 2. The Bertz CT molecular complexity index is 1220. The largest absolute Gasteiger partial charge is 0.370 e. The average Bonchev–Trinajstić information content (AvgIpc) is 2.76. The lowest BCUT2D eigenvalue weighted by molar-refractivity contribution is -0.434. The zero-order valence-corrected chi connectivity index (χ0v) is 19.9. The van der Waals surface area contributed by atoms with E-state index in [9.17, 15) is 21.6 Å². The van der Waals surface area contributed by atoms with Crippen LogP contribution in [0.1, 0.15) is 6.92 Å². The van der Waals surface area contributed by atoms with Gasteiger partial charge in [0, 0.05) is 12.6 Å². The standard InChI is InChI=1S/C17H20N4O10S3/c1-12(22)19-17-10-14(18-11-34(26,27)28)4-7-16(17)21-20-13-2-5-15(6-3-13)33(24,25)9-8-29-32-31-30-23/h2-7,10,18,23H,8-9,11H2,1H3,(H,19,22)(H,26,27,28). The van der Waals surface area contributed by atoms with Crippen molar-refractivity contribution < 1.29 is 45.0 Å². The van der Waals surface area contributed by atoms with Crippen molar-refractivity contribution >= 4 is 60.9 Å². The summed E-state index contributed by atoms with van der Waals surface area (Å²) in [6.07, 6.45) is 0. The minimum absolute atomic E-state index is 0.0209. The molecule has 2 aromatic carbocycles. The summed E-state index contributed by atoms with van der Waals surface area (Å²) in [5.74, 6) is -1.48. The molecule has 0 aliphatic carbocycles. The quantitative estimate of drug-likeness (QED) is 0.0728. The molecule has 0 aliphatic heterocycles. The van der Waals surface area contributed by atoms with Gasteiger partial charge in [-0.3, -0.25) is 13.5 Å². The molecular weight excluding hydrogens is 516 g/mol. The number of nitrogens with zero attached hydrogens (tertiary/aromatic N) is 2. The molecule has 0 aromatic heterocycles. The molecule has 2 rings (SSSR count). The molecule has 0 saturated carbocycles. The smallest absolute Gasteiger partial charge is 0.283 e. The predicted octanol–water partition coefficient (Wildman–Crippen LogP) is 3.09. The van der Waals surface area contributed by atoms with Gasteiger partial charge in [-0.1, -0.05) is 5.04 Å². The van der Waals surface area contributed by atoms with Gasteiger partial charge in [0.1, 0.15) is 11.6 Å². The van der Waals surface area contributed by atoms with Gasteiger partial charge < -0.3 is 10.6 Å². The number of hydrogen-bond donors (Lipinski definition) is 4. The van der Waals surface area contributed by atoms with E-state index in [4.69, 9.17) is 14.0 Å². The van der Waals surface area contributed by atoms with Gasteiger partial charge in [-0.2, -0.15) is 13.5 Å². The first-order valence-corrected chi connectivity index (χ1v) is 13.0. The van der Waals surface area contributed by atoms with E-state index in [1.165, 1.54) is 49.4 Å². The number of carbonyl (C=O) groups excluding carboxylic acids is 1. The highest BCUT2D eigenvalue weighted by atomic mass is 32.2. The molecule has 0 atom stereocenters. The lowest BCUT2D eigenvalue weighted by atomic mass is 10.2. The maximum Gasteiger partial charge on any atom is 0.283 e. The molecule has 0 fully saturated rings. The van der Waals surface area contributed by atoms with E-state index in [0.29, 0.717) is 11.4 Å². The Morgan fingerprint density at radius 2 is 1.79 bits per heavy atom. The molecule has 0 bridgehead atoms. The van der Waals surface area contributed by atoms with E-state index in [0.717, 1.165) is 0 Å². The van der Waals surface area contributed by atoms with E-state index in [-0.39, 0.29) is 41.0 Å². The molecule has 186 valence electrons. The normalized spacial score (nSPS) is 12.1. The number of hydrogen-bond acceptors (Lipinski definition) is 13. The van der Waals surface area contributed by atoms with Gasteiger partial charge in [0.05, 0.1) is 28.6 Å². The summed E-state index contributed by atoms with van der Waals surface area (Å²) in [6.45, 7) is 1.05. The first kappa shape index (κ1) is 27.6. The third-order valence-electron chi connectivity index (χ3n) is 3.78. The molecule has 2 aromatic rings. The summed E-state index contributed by atoms with van der Waals surface area (Å²) in [5.41, 5.74) is 1.09. The fourth-order valence-electron chi connectivity index (χ4n) is 2.36. The highest BCUT2D eigenvalue weighted by Crippen LogP contribution is 2.30. The van der Waals surface area contributed by atoms with Gasteiger partial charge in [-0.25, -0.2) is 13.7 Å². The molecule has 17 heteroatoms. The molecule has 0 spiro atoms. The molecule has 1 amide bonds. The van der Waals surface area contributed by atoms with Gasteiger partial charge in [0.25, 0.3) is 10.1 Å². The second kappa shape index (κ2) is 12.7. The van der Waals surface area contributed by atoms with Crippen LogP contribution in [0.2, 0.25) is 0 Å². The molecule has 4 N–H and O–H groups in total. The van der Waals surface area contributed by atoms with E-state index >= 15 is 0 Å². The number of carbonyl (C=O) groups is 1. The van der Waals surface area contributed by atoms with Gasteiger partial charge in [-0.15, -0.1) is 9.45 Å². The zero-order chi connectivity index (χ0) is 25.2. The maximum atomic E-state index is 12.3. The molecule has 34 heavy (non-hydrogen) atoms. The average molecular weight is 537 g/mol. The van der Waals surface area contributed by atoms with Crippen LogP contribution in [0.3, 0.4) is 0 Å². The van der Waals surface area contributed by atoms with Crippen molar-refractivity contribution in [3.63, 3.8) is 0 Å². The third kappa shape index (κ3) is 9.69. The van der Waals surface area contributed by atoms with Crippen molar-refractivity contribution in [2.45, 2.75) is 11.8 Å². The van der Waals surface area contributed by atoms with Crippen LogP contribution in [0.25, 0.3) is 0 Å². The first-order valence-electron chi connectivity index (χ1n) is 9.12. The third-order valence-corrected chi connectivity index (χ3v) is 6.36. The summed E-state index contributed by atoms with van der Waals surface area (Å²) in [5, 5.41) is 24.3. The Morgan fingerprint density at radius 1 is 1.09 bits per heavy atom. The Morgan fingerprint density at radius 3 is 2.41 bits per heavy atom. The van der Waals surface area contributed by atoms with Crippen molar-refractivity contribution in [3.05, 3.63) is 42.5 Å². The minimum atomic E-state index is -4.25. The van der Waals surface area contributed by atoms with Gasteiger partial charge in [0.15, 0.2) is 22.2 Å². The Labute approximate surface area is 199 Å². The van der Waals surface area contributed by atoms with Crippen LogP contribution >= 0.6 is 12.3 Å². The summed E-state index contributed by atoms with van der Waals surface area (Å²) < 4.78 is 63.9. The molecule has 0 aliphatic rings. The highest BCUT2D eigenvalue weighted by molar-refractivity contribution is 7.91. The summed E-state index contributed by atoms with van der Waals surface area (Å²) in [6, 6.07) is 9.86. The van der Waals surface area contributed by atoms with Crippen LogP contribution < -0.4 is 10.6 Å². The Hall–Kier alpha value is -2.64. The van der Waals surface area contributed by atoms with Crippen LogP contribution in [0.4, 0.5) is 22.7 Å². The molecule has 0 unspecified atom stereocenters. The molecule has 0 saturated heterocycles. The number of sulfone groups is 1. The van der Waals surface area contributed by atoms with Crippen molar-refractivity contribution in [1.82, 2.24) is 0 Å². The number of amides is 1. The minimum Gasteiger partial charge on any atom is -0.370 e. The van der Waals surface area contributed by atoms with Gasteiger partial charge in [-0.05, 0) is 42.5 Å². The van der Waals surface area contributed by atoms with Crippen molar-refractivity contribution in [1.29, 1.82) is 0 Å². The van der Waals surface area contributed by atoms with Crippen LogP contribution in [0.15, 0.2) is 57.6 Å². The molecular formula is C17H20N4O10S3. The summed E-state index contributed by atoms with van der Waals surface area (Å²) in [7, 11) is -7.91. The lowest BCUT2D eigenvalue weighted by Crippen LogP contribution is -2.13. The van der Waals surface area contributed by atoms with Crippen molar-refractivity contribution in [3.8, 4) is 0 Å². The highest BCUT2D eigenvalue weighted by Gasteiger charge is 2.15. The fraction of sp³-hybridized carbons (Fsp3) is 0.235. The Balaban J connectivity index is 2.12. The van der Waals surface area contributed by atoms with Crippen LogP contribution in [-0.4, -0.2) is 50.8 Å². The second-order valence-corrected chi connectivity index (χ2v) is 10.4. The van der Waals surface area contributed by atoms with Crippen molar-refractivity contribution in [2.75, 3.05) is 28.9 Å². The van der Waals surface area contributed by atoms with Gasteiger partial charge in [0.2, 0.25) is 5.91 Å². The second-order valence-electron chi connectivity index (χ2n) is 6.36. The summed E-state index contributed by atoms with van der Waals surface area (Å²) in [4.78, 5) is 11.5. The van der Waals surface area contributed by atoms with Gasteiger partial charge >= 0.3 is 0 Å². The fourth-order valence-corrected chi connectivity index (χ4v) is 4.12. The van der Waals surface area contributed by atoms with Crippen molar-refractivity contribution in [2.24, 2.45) is 10.2 Å². The number of nitrogens with one attached hydrogen (secondary N) is 2. The number of azo groups is 1. The Kier molecular flexibility index (Phi) is 10.3. The van der Waals surface area contributed by atoms with E-state index in [2.05, 4.69) is 30.2 Å². The first-order chi connectivity index (χ1) is 16.0. The monoisotopic (exact) mass is 536 g/mol. The number of rotatable bonds is 13. The zero-order valence-electron chi connectivity index (χ0n) is 17.4. The SMILES string of the molecule is CC(=O)Nc1cc(NCS(=O)(=O)O)ccc1N=Nc1ccc(S(=O)(=O)CCOSOOO)cc1. The summed E-state index contributed by atoms with van der Waals surface area (Å²) >= 11 is 0.273. The van der Waals surface area contributed by atoms with E-state index in [1.807, 2.05) is 0 Å². The molecule has 14 nitrogen and oxygen atoms in total. The maximum absolute atomic E-state index is 12.3. The molecule has 0 radical (unpaired) electrons. The topological polar surface area (TPSA) is 202 Å². The van der Waals surface area contributed by atoms with Crippen LogP contribution in [0, 0.1) is 0 Å². The van der Waals surface area contributed by atoms with Crippen LogP contribution in [-0.2, 0) is 38.3 Å². The molecule has 0 heterocycles.